The first-order valence-electron chi connectivity index (χ1n) is 8.10. The number of benzene rings is 1. The van der Waals surface area contributed by atoms with Gasteiger partial charge in [-0.2, -0.15) is 5.26 Å². The van der Waals surface area contributed by atoms with E-state index in [2.05, 4.69) is 16.4 Å². The molecular weight excluding hydrogens is 292 g/mol. The molecule has 2 aliphatic rings. The van der Waals surface area contributed by atoms with Crippen LogP contribution in [0.3, 0.4) is 0 Å². The molecule has 6 heteroatoms. The van der Waals surface area contributed by atoms with Crippen LogP contribution in [0.2, 0.25) is 0 Å². The molecule has 6 nitrogen and oxygen atoms in total. The summed E-state index contributed by atoms with van der Waals surface area (Å²) in [5.41, 5.74) is 1.20. The molecule has 0 unspecified atom stereocenters. The third kappa shape index (κ3) is 2.33. The summed E-state index contributed by atoms with van der Waals surface area (Å²) in [5, 5.41) is 11.8. The zero-order valence-corrected chi connectivity index (χ0v) is 12.8. The number of hydrogen-bond acceptors (Lipinski definition) is 3. The van der Waals surface area contributed by atoms with Gasteiger partial charge in [0.1, 0.15) is 5.54 Å². The molecule has 1 amide bonds. The van der Waals surface area contributed by atoms with Crippen molar-refractivity contribution in [3.63, 3.8) is 0 Å². The van der Waals surface area contributed by atoms with Crippen LogP contribution < -0.4 is 11.0 Å². The number of carbonyl (C=O) groups excluding carboxylic acids is 1. The van der Waals surface area contributed by atoms with Gasteiger partial charge in [0.25, 0.3) is 5.91 Å². The highest BCUT2D eigenvalue weighted by atomic mass is 16.2. The number of H-pyrrole nitrogens is 1. The van der Waals surface area contributed by atoms with Crippen LogP contribution in [0.1, 0.15) is 54.9 Å². The fourth-order valence-corrected chi connectivity index (χ4v) is 3.48. The molecule has 2 N–H and O–H groups in total. The van der Waals surface area contributed by atoms with E-state index < -0.39 is 5.54 Å². The van der Waals surface area contributed by atoms with E-state index in [0.717, 1.165) is 31.2 Å². The number of hydrogen-bond donors (Lipinski definition) is 2. The topological polar surface area (TPSA) is 90.7 Å². The highest BCUT2D eigenvalue weighted by Gasteiger charge is 2.44. The molecule has 2 aromatic rings. The Kier molecular flexibility index (Phi) is 3.05. The van der Waals surface area contributed by atoms with E-state index in [9.17, 15) is 9.59 Å². The average molecular weight is 310 g/mol. The Balaban J connectivity index is 1.68. The second kappa shape index (κ2) is 4.98. The van der Waals surface area contributed by atoms with Crippen molar-refractivity contribution in [1.82, 2.24) is 14.9 Å². The molecule has 1 aromatic heterocycles. The Morgan fingerprint density at radius 2 is 2.09 bits per heavy atom. The van der Waals surface area contributed by atoms with E-state index in [0.29, 0.717) is 23.9 Å². The maximum absolute atomic E-state index is 12.3. The van der Waals surface area contributed by atoms with Crippen molar-refractivity contribution in [2.24, 2.45) is 0 Å². The van der Waals surface area contributed by atoms with Crippen molar-refractivity contribution in [3.05, 3.63) is 34.2 Å². The molecule has 0 bridgehead atoms. The van der Waals surface area contributed by atoms with Crippen LogP contribution >= 0.6 is 0 Å². The third-order valence-corrected chi connectivity index (χ3v) is 4.99. The Labute approximate surface area is 133 Å². The van der Waals surface area contributed by atoms with E-state index in [1.54, 1.807) is 12.1 Å². The number of rotatable bonds is 3. The first kappa shape index (κ1) is 14.1. The van der Waals surface area contributed by atoms with Crippen molar-refractivity contribution in [2.75, 3.05) is 0 Å². The van der Waals surface area contributed by atoms with Gasteiger partial charge in [0.15, 0.2) is 0 Å². The summed E-state index contributed by atoms with van der Waals surface area (Å²) in [5.74, 6) is -0.264. The van der Waals surface area contributed by atoms with Gasteiger partial charge in [-0.1, -0.05) is 12.8 Å². The highest BCUT2D eigenvalue weighted by Crippen LogP contribution is 2.35. The van der Waals surface area contributed by atoms with Crippen molar-refractivity contribution < 1.29 is 4.79 Å². The Morgan fingerprint density at radius 3 is 2.74 bits per heavy atom. The first-order valence-corrected chi connectivity index (χ1v) is 8.10. The zero-order valence-electron chi connectivity index (χ0n) is 12.8. The number of nitrogens with one attached hydrogen (secondary N) is 2. The van der Waals surface area contributed by atoms with Gasteiger partial charge < -0.3 is 10.3 Å². The Morgan fingerprint density at radius 1 is 1.35 bits per heavy atom. The number of nitrogens with zero attached hydrogens (tertiary/aromatic N) is 2. The molecule has 1 aromatic carbocycles. The molecule has 118 valence electrons. The van der Waals surface area contributed by atoms with Crippen molar-refractivity contribution >= 4 is 16.9 Å². The second-order valence-corrected chi connectivity index (χ2v) is 6.62. The minimum absolute atomic E-state index is 0.111. The smallest absolute Gasteiger partial charge is 0.326 e. The van der Waals surface area contributed by atoms with Crippen LogP contribution in [-0.4, -0.2) is 21.0 Å². The fraction of sp³-hybridized carbons (Fsp3) is 0.471. The Bertz CT molecular complexity index is 876. The molecule has 23 heavy (non-hydrogen) atoms. The third-order valence-electron chi connectivity index (χ3n) is 4.99. The Hall–Kier alpha value is -2.55. The maximum Gasteiger partial charge on any atom is 0.326 e. The molecule has 0 atom stereocenters. The zero-order chi connectivity index (χ0) is 16.0. The van der Waals surface area contributed by atoms with Crippen molar-refractivity contribution in [2.45, 2.75) is 50.1 Å². The van der Waals surface area contributed by atoms with Gasteiger partial charge in [-0.3, -0.25) is 9.36 Å². The summed E-state index contributed by atoms with van der Waals surface area (Å²) in [6.07, 6.45) is 5.76. The van der Waals surface area contributed by atoms with Gasteiger partial charge in [-0.05, 0) is 43.9 Å². The van der Waals surface area contributed by atoms with Gasteiger partial charge in [0, 0.05) is 11.6 Å². The maximum atomic E-state index is 12.3. The molecule has 0 radical (unpaired) electrons. The van der Waals surface area contributed by atoms with Gasteiger partial charge in [0.05, 0.1) is 17.1 Å². The summed E-state index contributed by atoms with van der Waals surface area (Å²) in [7, 11) is 0. The normalized spacial score (nSPS) is 19.6. The molecule has 1 heterocycles. The largest absolute Gasteiger partial charge is 0.334 e. The van der Waals surface area contributed by atoms with Gasteiger partial charge in [0.2, 0.25) is 0 Å². The number of nitriles is 1. The van der Waals surface area contributed by atoms with Crippen LogP contribution in [0.4, 0.5) is 0 Å². The van der Waals surface area contributed by atoms with Gasteiger partial charge >= 0.3 is 5.69 Å². The standard InChI is InChI=1S/C17H18N4O2/c18-10-17(7-8-17)20-15(22)11-5-6-14-13(9-11)19-16(23)21(14)12-3-1-2-4-12/h5-6,9,12H,1-4,7-8H2,(H,19,23)(H,20,22). The predicted molar refractivity (Wildman–Crippen MR) is 85.1 cm³/mol. The van der Waals surface area contributed by atoms with Crippen LogP contribution in [0, 0.1) is 11.3 Å². The van der Waals surface area contributed by atoms with E-state index in [4.69, 9.17) is 5.26 Å². The monoisotopic (exact) mass is 310 g/mol. The number of aromatic nitrogens is 2. The van der Waals surface area contributed by atoms with Crippen molar-refractivity contribution in [1.29, 1.82) is 5.26 Å². The molecule has 2 saturated carbocycles. The average Bonchev–Trinajstić information content (AvgIpc) is 2.96. The molecule has 2 fully saturated rings. The summed E-state index contributed by atoms with van der Waals surface area (Å²) in [4.78, 5) is 27.4. The number of fused-ring (bicyclic) bond motifs is 1. The van der Waals surface area contributed by atoms with Crippen LogP contribution in [-0.2, 0) is 0 Å². The molecule has 0 spiro atoms. The molecule has 0 saturated heterocycles. The van der Waals surface area contributed by atoms with Crippen LogP contribution in [0.15, 0.2) is 23.0 Å². The fourth-order valence-electron chi connectivity index (χ4n) is 3.48. The number of amides is 1. The van der Waals surface area contributed by atoms with E-state index in [1.165, 1.54) is 0 Å². The highest BCUT2D eigenvalue weighted by molar-refractivity contribution is 5.98. The van der Waals surface area contributed by atoms with Gasteiger partial charge in [-0.25, -0.2) is 4.79 Å². The molecule has 0 aliphatic heterocycles. The summed E-state index contributed by atoms with van der Waals surface area (Å²) in [6.45, 7) is 0. The number of carbonyl (C=O) groups is 1. The van der Waals surface area contributed by atoms with Crippen LogP contribution in [0.5, 0.6) is 0 Å². The lowest BCUT2D eigenvalue weighted by Gasteiger charge is -2.12. The minimum Gasteiger partial charge on any atom is -0.334 e. The molecule has 4 rings (SSSR count). The quantitative estimate of drug-likeness (QED) is 0.910. The van der Waals surface area contributed by atoms with Crippen LogP contribution in [0.25, 0.3) is 11.0 Å². The summed E-state index contributed by atoms with van der Waals surface area (Å²) >= 11 is 0. The molecular formula is C17H18N4O2. The summed E-state index contributed by atoms with van der Waals surface area (Å²) in [6, 6.07) is 7.65. The predicted octanol–water partition coefficient (Wildman–Crippen LogP) is 2.23. The lowest BCUT2D eigenvalue weighted by Crippen LogP contribution is -2.35. The number of imidazole rings is 1. The van der Waals surface area contributed by atoms with Gasteiger partial charge in [-0.15, -0.1) is 0 Å². The van der Waals surface area contributed by atoms with E-state index >= 15 is 0 Å². The lowest BCUT2D eigenvalue weighted by molar-refractivity contribution is 0.0941. The first-order chi connectivity index (χ1) is 11.1. The van der Waals surface area contributed by atoms with E-state index in [1.807, 2.05) is 10.6 Å². The SMILES string of the molecule is N#CC1(NC(=O)c2ccc3c(c2)[nH]c(=O)n3C2CCCC2)CC1. The minimum atomic E-state index is -0.685. The summed E-state index contributed by atoms with van der Waals surface area (Å²) < 4.78 is 1.82. The second-order valence-electron chi connectivity index (χ2n) is 6.62. The van der Waals surface area contributed by atoms with Crippen molar-refractivity contribution in [3.8, 4) is 6.07 Å². The van der Waals surface area contributed by atoms with E-state index in [-0.39, 0.29) is 17.6 Å². The lowest BCUT2D eigenvalue weighted by atomic mass is 10.1. The molecule has 2 aliphatic carbocycles. The number of aromatic amines is 1.